The van der Waals surface area contributed by atoms with Crippen molar-refractivity contribution in [1.82, 2.24) is 5.32 Å². The van der Waals surface area contributed by atoms with Crippen molar-refractivity contribution in [1.29, 1.82) is 0 Å². The molecule has 1 heterocycles. The van der Waals surface area contributed by atoms with Gasteiger partial charge in [-0.1, -0.05) is 35.9 Å². The van der Waals surface area contributed by atoms with Gasteiger partial charge in [0.2, 0.25) is 0 Å². The van der Waals surface area contributed by atoms with Crippen LogP contribution in [-0.2, 0) is 17.6 Å². The molecule has 0 fully saturated rings. The van der Waals surface area contributed by atoms with Crippen molar-refractivity contribution in [3.05, 3.63) is 64.2 Å². The Labute approximate surface area is 192 Å². The standard InChI is InChI=1S/C21H24ClNO4.Na/c22-17-3-1-2-15(11-17)19(24)13-23-12-18-7-6-16-10-14(5-9-21(25)26)4-8-20(16)27-18;/h1-4,8,10-11,18-19,23-24H,5-7,9,12-13H2,(H,25,26);/q;+1/p-1. The van der Waals surface area contributed by atoms with Gasteiger partial charge in [-0.05, 0) is 60.6 Å². The summed E-state index contributed by atoms with van der Waals surface area (Å²) in [5.41, 5.74) is 2.89. The average Bonchev–Trinajstić information content (AvgIpc) is 2.66. The molecule has 2 N–H and O–H groups in total. The number of hydrogen-bond donors (Lipinski definition) is 2. The second kappa shape index (κ2) is 11.2. The number of benzene rings is 2. The first-order chi connectivity index (χ1) is 13.0. The zero-order valence-corrected chi connectivity index (χ0v) is 18.7. The second-order valence-corrected chi connectivity index (χ2v) is 7.26. The Morgan fingerprint density at radius 2 is 2.14 bits per heavy atom. The van der Waals surface area contributed by atoms with Gasteiger partial charge in [-0.3, -0.25) is 0 Å². The van der Waals surface area contributed by atoms with E-state index in [9.17, 15) is 15.0 Å². The van der Waals surface area contributed by atoms with Crippen LogP contribution in [0.1, 0.15) is 35.6 Å². The van der Waals surface area contributed by atoms with E-state index in [0.29, 0.717) is 24.5 Å². The van der Waals surface area contributed by atoms with Gasteiger partial charge in [-0.2, -0.15) is 0 Å². The summed E-state index contributed by atoms with van der Waals surface area (Å²) in [4.78, 5) is 10.6. The van der Waals surface area contributed by atoms with Gasteiger partial charge in [-0.25, -0.2) is 0 Å². The number of halogens is 1. The number of aryl methyl sites for hydroxylation is 2. The Kier molecular flexibility index (Phi) is 9.28. The summed E-state index contributed by atoms with van der Waals surface area (Å²) in [6, 6.07) is 13.0. The van der Waals surface area contributed by atoms with Gasteiger partial charge in [0.15, 0.2) is 0 Å². The van der Waals surface area contributed by atoms with E-state index in [-0.39, 0.29) is 42.1 Å². The summed E-state index contributed by atoms with van der Waals surface area (Å²) in [6.07, 6.45) is 1.68. The maximum atomic E-state index is 10.6. The van der Waals surface area contributed by atoms with Crippen molar-refractivity contribution in [3.63, 3.8) is 0 Å². The summed E-state index contributed by atoms with van der Waals surface area (Å²) in [7, 11) is 0. The van der Waals surface area contributed by atoms with E-state index in [1.165, 1.54) is 0 Å². The van der Waals surface area contributed by atoms with Crippen molar-refractivity contribution in [2.75, 3.05) is 13.1 Å². The van der Waals surface area contributed by atoms with Crippen LogP contribution in [0.3, 0.4) is 0 Å². The molecule has 1 aliphatic rings. The molecule has 0 saturated heterocycles. The van der Waals surface area contributed by atoms with Crippen LogP contribution in [0.5, 0.6) is 5.75 Å². The number of carbonyl (C=O) groups is 1. The van der Waals surface area contributed by atoms with Gasteiger partial charge >= 0.3 is 29.6 Å². The SMILES string of the molecule is O=C([O-])CCc1ccc2c(c1)CCC(CNCC(O)c1cccc(Cl)c1)O2.[Na+]. The number of carboxylic acid groups (broad SMARTS) is 1. The third-order valence-corrected chi connectivity index (χ3v) is 4.95. The third kappa shape index (κ3) is 6.76. The molecule has 5 nitrogen and oxygen atoms in total. The summed E-state index contributed by atoms with van der Waals surface area (Å²) < 4.78 is 6.03. The molecule has 2 aromatic rings. The first kappa shape index (κ1) is 23.2. The van der Waals surface area contributed by atoms with Gasteiger partial charge in [0.1, 0.15) is 11.9 Å². The second-order valence-electron chi connectivity index (χ2n) is 6.82. The fourth-order valence-corrected chi connectivity index (χ4v) is 3.46. The maximum Gasteiger partial charge on any atom is 1.00 e. The maximum absolute atomic E-state index is 10.6. The van der Waals surface area contributed by atoms with E-state index < -0.39 is 12.1 Å². The number of aliphatic hydroxyl groups is 1. The number of rotatable bonds is 8. The molecule has 0 bridgehead atoms. The molecule has 0 aliphatic carbocycles. The van der Waals surface area contributed by atoms with Crippen molar-refractivity contribution in [3.8, 4) is 5.75 Å². The van der Waals surface area contributed by atoms with Crippen molar-refractivity contribution < 1.29 is 49.3 Å². The zero-order valence-electron chi connectivity index (χ0n) is 16.0. The van der Waals surface area contributed by atoms with E-state index in [0.717, 1.165) is 35.3 Å². The predicted octanol–water partition coefficient (Wildman–Crippen LogP) is -0.957. The largest absolute Gasteiger partial charge is 1.00 e. The topological polar surface area (TPSA) is 81.6 Å². The molecular weight excluding hydrogens is 389 g/mol. The minimum absolute atomic E-state index is 0. The Bertz CT molecular complexity index is 802. The molecule has 28 heavy (non-hydrogen) atoms. The van der Waals surface area contributed by atoms with Crippen LogP contribution in [0.4, 0.5) is 0 Å². The fourth-order valence-electron chi connectivity index (χ4n) is 3.26. The minimum atomic E-state index is -1.03. The summed E-state index contributed by atoms with van der Waals surface area (Å²) in [5, 5.41) is 24.7. The molecule has 0 amide bonds. The summed E-state index contributed by atoms with van der Waals surface area (Å²) in [5.74, 6) is -0.185. The van der Waals surface area contributed by atoms with Crippen molar-refractivity contribution >= 4 is 17.6 Å². The molecule has 0 aromatic heterocycles. The first-order valence-electron chi connectivity index (χ1n) is 9.14. The average molecular weight is 412 g/mol. The zero-order chi connectivity index (χ0) is 19.2. The molecule has 0 radical (unpaired) electrons. The van der Waals surface area contributed by atoms with Gasteiger partial charge < -0.3 is 25.1 Å². The van der Waals surface area contributed by atoms with Gasteiger partial charge in [0, 0.05) is 24.1 Å². The number of fused-ring (bicyclic) bond motifs is 1. The molecule has 2 atom stereocenters. The molecule has 0 saturated carbocycles. The molecule has 2 aromatic carbocycles. The Balaban J connectivity index is 0.00000280. The molecule has 0 spiro atoms. The number of aliphatic hydroxyl groups excluding tert-OH is 1. The molecule has 144 valence electrons. The van der Waals surface area contributed by atoms with Crippen LogP contribution >= 0.6 is 11.6 Å². The smallest absolute Gasteiger partial charge is 0.550 e. The number of carboxylic acids is 1. The summed E-state index contributed by atoms with van der Waals surface area (Å²) >= 11 is 5.96. The molecule has 1 aliphatic heterocycles. The van der Waals surface area contributed by atoms with Gasteiger partial charge in [0.05, 0.1) is 6.10 Å². The van der Waals surface area contributed by atoms with Crippen LogP contribution in [0.15, 0.2) is 42.5 Å². The van der Waals surface area contributed by atoms with Crippen LogP contribution in [0, 0.1) is 0 Å². The van der Waals surface area contributed by atoms with E-state index in [2.05, 4.69) is 5.32 Å². The van der Waals surface area contributed by atoms with Gasteiger partial charge in [0.25, 0.3) is 0 Å². The summed E-state index contributed by atoms with van der Waals surface area (Å²) in [6.45, 7) is 1.07. The molecule has 7 heteroatoms. The number of carbonyl (C=O) groups excluding carboxylic acids is 1. The van der Waals surface area contributed by atoms with E-state index in [1.807, 2.05) is 30.3 Å². The molecule has 3 rings (SSSR count). The number of aliphatic carboxylic acids is 1. The quantitative estimate of drug-likeness (QED) is 0.547. The number of hydrogen-bond acceptors (Lipinski definition) is 5. The van der Waals surface area contributed by atoms with Crippen LogP contribution in [0.25, 0.3) is 0 Å². The third-order valence-electron chi connectivity index (χ3n) is 4.72. The van der Waals surface area contributed by atoms with E-state index >= 15 is 0 Å². The predicted molar refractivity (Wildman–Crippen MR) is 102 cm³/mol. The van der Waals surface area contributed by atoms with E-state index in [4.69, 9.17) is 16.3 Å². The van der Waals surface area contributed by atoms with Crippen LogP contribution in [-0.4, -0.2) is 30.3 Å². The Hall–Kier alpha value is -1.08. The van der Waals surface area contributed by atoms with Crippen LogP contribution in [0.2, 0.25) is 5.02 Å². The number of ether oxygens (including phenoxy) is 1. The normalized spacial score (nSPS) is 16.4. The molecule has 2 unspecified atom stereocenters. The molecular formula is C21H23ClNNaO4. The number of nitrogens with one attached hydrogen (secondary N) is 1. The first-order valence-corrected chi connectivity index (χ1v) is 9.51. The van der Waals surface area contributed by atoms with E-state index in [1.54, 1.807) is 12.1 Å². The van der Waals surface area contributed by atoms with Crippen molar-refractivity contribution in [2.45, 2.75) is 37.9 Å². The van der Waals surface area contributed by atoms with Gasteiger partial charge in [-0.15, -0.1) is 0 Å². The van der Waals surface area contributed by atoms with Crippen molar-refractivity contribution in [2.24, 2.45) is 0 Å². The Morgan fingerprint density at radius 1 is 1.32 bits per heavy atom. The Morgan fingerprint density at radius 3 is 2.89 bits per heavy atom. The monoisotopic (exact) mass is 411 g/mol. The fraction of sp³-hybridized carbons (Fsp3) is 0.381. The van der Waals surface area contributed by atoms with Crippen LogP contribution < -0.4 is 44.7 Å². The minimum Gasteiger partial charge on any atom is -0.550 e.